The molecule has 5 nitrogen and oxygen atoms in total. The highest BCUT2D eigenvalue weighted by molar-refractivity contribution is 7.80. The number of hydrogen-bond acceptors (Lipinski definition) is 3. The summed E-state index contributed by atoms with van der Waals surface area (Å²) < 4.78 is 0. The summed E-state index contributed by atoms with van der Waals surface area (Å²) >= 11 is 5.52. The van der Waals surface area contributed by atoms with Gasteiger partial charge in [-0.05, 0) is 99.6 Å². The van der Waals surface area contributed by atoms with E-state index in [1.165, 1.54) is 36.9 Å². The summed E-state index contributed by atoms with van der Waals surface area (Å²) in [4.78, 5) is 17.0. The smallest absolute Gasteiger partial charge is 0.253 e. The number of hydrogen-bond donors (Lipinski definition) is 2. The maximum absolute atomic E-state index is 12.6. The van der Waals surface area contributed by atoms with Crippen LogP contribution in [0.2, 0.25) is 0 Å². The summed E-state index contributed by atoms with van der Waals surface area (Å²) in [5.74, 6) is 0.124. The van der Waals surface area contributed by atoms with Crippen molar-refractivity contribution in [2.24, 2.45) is 0 Å². The Bertz CT molecular complexity index is 900. The lowest BCUT2D eigenvalue weighted by atomic mass is 10.1. The minimum Gasteiger partial charge on any atom is -0.372 e. The maximum Gasteiger partial charge on any atom is 0.253 e. The first-order valence-corrected chi connectivity index (χ1v) is 12.3. The number of carbonyl (C=O) groups excluding carboxylic acids is 1. The number of carbonyl (C=O) groups is 1. The van der Waals surface area contributed by atoms with Gasteiger partial charge in [0.25, 0.3) is 5.91 Å². The Hall–Kier alpha value is -2.60. The fraction of sp³-hybridized carbons (Fsp3) is 0.462. The number of nitrogens with one attached hydrogen (secondary N) is 2. The summed E-state index contributed by atoms with van der Waals surface area (Å²) in [7, 11) is 0. The van der Waals surface area contributed by atoms with Gasteiger partial charge in [-0.15, -0.1) is 0 Å². The predicted molar refractivity (Wildman–Crippen MR) is 136 cm³/mol. The Labute approximate surface area is 197 Å². The number of likely N-dealkylation sites (tertiary alicyclic amines) is 1. The Morgan fingerprint density at radius 2 is 1.44 bits per heavy atom. The highest BCUT2D eigenvalue weighted by Crippen LogP contribution is 2.23. The average molecular weight is 451 g/mol. The van der Waals surface area contributed by atoms with Gasteiger partial charge in [-0.2, -0.15) is 0 Å². The summed E-state index contributed by atoms with van der Waals surface area (Å²) in [6, 6.07) is 16.5. The molecule has 1 atom stereocenters. The number of benzene rings is 2. The molecule has 2 fully saturated rings. The van der Waals surface area contributed by atoms with E-state index in [-0.39, 0.29) is 11.9 Å². The first-order valence-electron chi connectivity index (χ1n) is 11.9. The van der Waals surface area contributed by atoms with Crippen LogP contribution in [0.3, 0.4) is 0 Å². The fourth-order valence-corrected chi connectivity index (χ4v) is 4.84. The number of rotatable bonds is 5. The molecule has 0 radical (unpaired) electrons. The van der Waals surface area contributed by atoms with Gasteiger partial charge in [-0.3, -0.25) is 4.79 Å². The van der Waals surface area contributed by atoms with Crippen LogP contribution in [0.4, 0.5) is 11.4 Å². The zero-order valence-electron chi connectivity index (χ0n) is 19.0. The van der Waals surface area contributed by atoms with Crippen molar-refractivity contribution in [2.45, 2.75) is 51.5 Å². The van der Waals surface area contributed by atoms with Gasteiger partial charge < -0.3 is 20.4 Å². The lowest BCUT2D eigenvalue weighted by Gasteiger charge is -2.29. The summed E-state index contributed by atoms with van der Waals surface area (Å²) in [5.41, 5.74) is 4.13. The number of amides is 1. The molecule has 6 heteroatoms. The molecule has 170 valence electrons. The molecular formula is C26H34N4OS. The van der Waals surface area contributed by atoms with Gasteiger partial charge in [-0.1, -0.05) is 12.1 Å². The largest absolute Gasteiger partial charge is 0.372 e. The summed E-state index contributed by atoms with van der Waals surface area (Å²) in [6.45, 7) is 6.16. The van der Waals surface area contributed by atoms with Crippen molar-refractivity contribution >= 4 is 34.6 Å². The molecule has 2 saturated heterocycles. The Morgan fingerprint density at radius 3 is 2.06 bits per heavy atom. The van der Waals surface area contributed by atoms with E-state index in [0.29, 0.717) is 5.11 Å². The van der Waals surface area contributed by atoms with E-state index in [4.69, 9.17) is 12.2 Å². The van der Waals surface area contributed by atoms with Crippen molar-refractivity contribution in [3.05, 3.63) is 59.7 Å². The van der Waals surface area contributed by atoms with Crippen molar-refractivity contribution in [3.8, 4) is 0 Å². The second-order valence-corrected chi connectivity index (χ2v) is 9.30. The Balaban J connectivity index is 1.28. The van der Waals surface area contributed by atoms with Gasteiger partial charge in [0.1, 0.15) is 0 Å². The first kappa shape index (κ1) is 22.6. The summed E-state index contributed by atoms with van der Waals surface area (Å²) in [5, 5.41) is 7.18. The van der Waals surface area contributed by atoms with Gasteiger partial charge in [0.2, 0.25) is 0 Å². The lowest BCUT2D eigenvalue weighted by Crippen LogP contribution is -2.35. The van der Waals surface area contributed by atoms with E-state index in [2.05, 4.69) is 46.7 Å². The van der Waals surface area contributed by atoms with Gasteiger partial charge >= 0.3 is 0 Å². The van der Waals surface area contributed by atoms with Crippen LogP contribution in [-0.4, -0.2) is 42.1 Å². The van der Waals surface area contributed by atoms with Gasteiger partial charge in [0.05, 0.1) is 6.04 Å². The van der Waals surface area contributed by atoms with Crippen molar-refractivity contribution in [3.63, 3.8) is 0 Å². The second kappa shape index (κ2) is 10.8. The Morgan fingerprint density at radius 1 is 0.844 bits per heavy atom. The fourth-order valence-electron chi connectivity index (χ4n) is 4.55. The van der Waals surface area contributed by atoms with Crippen LogP contribution >= 0.6 is 12.2 Å². The van der Waals surface area contributed by atoms with E-state index >= 15 is 0 Å². The first-order chi connectivity index (χ1) is 15.6. The van der Waals surface area contributed by atoms with Crippen molar-refractivity contribution < 1.29 is 4.79 Å². The predicted octanol–water partition coefficient (Wildman–Crippen LogP) is 5.35. The number of thiocarbonyl (C=S) groups is 1. The quantitative estimate of drug-likeness (QED) is 0.601. The van der Waals surface area contributed by atoms with Crippen LogP contribution in [0, 0.1) is 0 Å². The van der Waals surface area contributed by atoms with Crippen molar-refractivity contribution in [1.29, 1.82) is 0 Å². The van der Waals surface area contributed by atoms with E-state index in [9.17, 15) is 4.79 Å². The van der Waals surface area contributed by atoms with E-state index in [0.717, 1.165) is 50.3 Å². The van der Waals surface area contributed by atoms with E-state index in [1.54, 1.807) is 0 Å². The number of anilines is 2. The average Bonchev–Trinajstić information content (AvgIpc) is 2.85. The minimum atomic E-state index is 0.102. The van der Waals surface area contributed by atoms with E-state index in [1.807, 2.05) is 29.2 Å². The van der Waals surface area contributed by atoms with Crippen LogP contribution in [-0.2, 0) is 0 Å². The molecule has 2 aliphatic rings. The van der Waals surface area contributed by atoms with Crippen LogP contribution in [0.5, 0.6) is 0 Å². The highest BCUT2D eigenvalue weighted by Gasteiger charge is 2.18. The molecule has 0 aromatic heterocycles. The van der Waals surface area contributed by atoms with Gasteiger partial charge in [-0.25, -0.2) is 0 Å². The monoisotopic (exact) mass is 450 g/mol. The number of nitrogens with zero attached hydrogens (tertiary/aromatic N) is 2. The normalized spacial score (nSPS) is 17.5. The van der Waals surface area contributed by atoms with Crippen molar-refractivity contribution in [2.75, 3.05) is 36.4 Å². The molecule has 2 N–H and O–H groups in total. The molecule has 0 saturated carbocycles. The zero-order chi connectivity index (χ0) is 22.3. The molecule has 0 spiro atoms. The molecule has 2 heterocycles. The third kappa shape index (κ3) is 5.80. The second-order valence-electron chi connectivity index (χ2n) is 8.89. The molecular weight excluding hydrogens is 416 g/mol. The highest BCUT2D eigenvalue weighted by atomic mass is 32.1. The zero-order valence-corrected chi connectivity index (χ0v) is 19.8. The Kier molecular flexibility index (Phi) is 7.63. The molecule has 2 aromatic rings. The van der Waals surface area contributed by atoms with Crippen LogP contribution < -0.4 is 15.5 Å². The molecule has 2 aliphatic heterocycles. The van der Waals surface area contributed by atoms with Gasteiger partial charge in [0, 0.05) is 43.1 Å². The SMILES string of the molecule is C[C@H](NC(=S)Nc1ccc(C(=O)N2CCCCC2)cc1)c1ccc(N2CCCCC2)cc1. The number of piperidine rings is 2. The maximum atomic E-state index is 12.6. The molecule has 1 amide bonds. The molecule has 0 aliphatic carbocycles. The standard InChI is InChI=1S/C26H34N4OS/c1-20(21-10-14-24(15-11-21)29-16-4-2-5-17-29)27-26(32)28-23-12-8-22(9-13-23)25(31)30-18-6-3-7-19-30/h8-15,20H,2-7,16-19H2,1H3,(H2,27,28,32)/t20-/m0/s1. The topological polar surface area (TPSA) is 47.6 Å². The summed E-state index contributed by atoms with van der Waals surface area (Å²) in [6.07, 6.45) is 7.34. The molecule has 0 unspecified atom stereocenters. The van der Waals surface area contributed by atoms with Gasteiger partial charge in [0.15, 0.2) is 5.11 Å². The molecule has 4 rings (SSSR count). The molecule has 32 heavy (non-hydrogen) atoms. The van der Waals surface area contributed by atoms with Crippen molar-refractivity contribution in [1.82, 2.24) is 10.2 Å². The third-order valence-corrected chi connectivity index (χ3v) is 6.71. The molecule has 2 aromatic carbocycles. The third-order valence-electron chi connectivity index (χ3n) is 6.49. The van der Waals surface area contributed by atoms with E-state index < -0.39 is 0 Å². The molecule has 0 bridgehead atoms. The van der Waals surface area contributed by atoms with Crippen LogP contribution in [0.25, 0.3) is 0 Å². The minimum absolute atomic E-state index is 0.102. The van der Waals surface area contributed by atoms with Crippen LogP contribution in [0.15, 0.2) is 48.5 Å². The van der Waals surface area contributed by atoms with Crippen LogP contribution in [0.1, 0.15) is 67.4 Å². The lowest BCUT2D eigenvalue weighted by molar-refractivity contribution is 0.0724.